The van der Waals surface area contributed by atoms with E-state index < -0.39 is 4.92 Å². The molecule has 0 aliphatic rings. The summed E-state index contributed by atoms with van der Waals surface area (Å²) >= 11 is 0. The lowest BCUT2D eigenvalue weighted by Gasteiger charge is -2.12. The SMILES string of the molecule is COc1cccc(Nc2ncnc(NC(C)C)c2[N+](=O)[O-])c1. The fraction of sp³-hybridized carbons (Fsp3) is 0.286. The number of nitrogens with zero attached hydrogens (tertiary/aromatic N) is 3. The Balaban J connectivity index is 2.39. The first-order chi connectivity index (χ1) is 10.5. The second-order valence-corrected chi connectivity index (χ2v) is 4.83. The highest BCUT2D eigenvalue weighted by Gasteiger charge is 2.23. The van der Waals surface area contributed by atoms with E-state index in [4.69, 9.17) is 4.74 Å². The third-order valence-electron chi connectivity index (χ3n) is 2.76. The third kappa shape index (κ3) is 3.60. The van der Waals surface area contributed by atoms with Gasteiger partial charge in [-0.1, -0.05) is 6.07 Å². The highest BCUT2D eigenvalue weighted by atomic mass is 16.6. The van der Waals surface area contributed by atoms with Crippen LogP contribution in [0.4, 0.5) is 23.0 Å². The van der Waals surface area contributed by atoms with E-state index >= 15 is 0 Å². The lowest BCUT2D eigenvalue weighted by molar-refractivity contribution is -0.383. The molecule has 0 saturated heterocycles. The number of hydrogen-bond acceptors (Lipinski definition) is 7. The van der Waals surface area contributed by atoms with E-state index in [-0.39, 0.29) is 23.4 Å². The summed E-state index contributed by atoms with van der Waals surface area (Å²) in [7, 11) is 1.55. The molecule has 0 aliphatic heterocycles. The summed E-state index contributed by atoms with van der Waals surface area (Å²) in [5.41, 5.74) is 0.440. The average Bonchev–Trinajstić information content (AvgIpc) is 2.46. The van der Waals surface area contributed by atoms with E-state index in [0.29, 0.717) is 11.4 Å². The number of aromatic nitrogens is 2. The number of anilines is 3. The molecule has 116 valence electrons. The Kier molecular flexibility index (Phi) is 4.72. The number of hydrogen-bond donors (Lipinski definition) is 2. The molecule has 2 rings (SSSR count). The van der Waals surface area contributed by atoms with Crippen LogP contribution in [0.2, 0.25) is 0 Å². The second-order valence-electron chi connectivity index (χ2n) is 4.83. The molecule has 22 heavy (non-hydrogen) atoms. The van der Waals surface area contributed by atoms with E-state index in [2.05, 4.69) is 20.6 Å². The van der Waals surface area contributed by atoms with Gasteiger partial charge in [-0.15, -0.1) is 0 Å². The van der Waals surface area contributed by atoms with Gasteiger partial charge in [0.15, 0.2) is 0 Å². The first kappa shape index (κ1) is 15.5. The molecule has 0 atom stereocenters. The van der Waals surface area contributed by atoms with Crippen molar-refractivity contribution in [2.24, 2.45) is 0 Å². The number of nitrogens with one attached hydrogen (secondary N) is 2. The van der Waals surface area contributed by atoms with Crippen LogP contribution in [0.15, 0.2) is 30.6 Å². The van der Waals surface area contributed by atoms with Crippen LogP contribution in [0, 0.1) is 10.1 Å². The highest BCUT2D eigenvalue weighted by molar-refractivity contribution is 5.74. The van der Waals surface area contributed by atoms with Gasteiger partial charge in [-0.05, 0) is 26.0 Å². The summed E-state index contributed by atoms with van der Waals surface area (Å²) in [4.78, 5) is 18.8. The monoisotopic (exact) mass is 303 g/mol. The normalized spacial score (nSPS) is 10.4. The van der Waals surface area contributed by atoms with Crippen molar-refractivity contribution in [3.05, 3.63) is 40.7 Å². The summed E-state index contributed by atoms with van der Waals surface area (Å²) in [6.07, 6.45) is 1.28. The fourth-order valence-electron chi connectivity index (χ4n) is 1.86. The van der Waals surface area contributed by atoms with Crippen molar-refractivity contribution < 1.29 is 9.66 Å². The maximum Gasteiger partial charge on any atom is 0.353 e. The zero-order chi connectivity index (χ0) is 16.1. The highest BCUT2D eigenvalue weighted by Crippen LogP contribution is 2.32. The summed E-state index contributed by atoms with van der Waals surface area (Å²) in [5.74, 6) is 0.944. The standard InChI is InChI=1S/C14H17N5O3/c1-9(2)17-13-12(19(20)21)14(16-8-15-13)18-10-5-4-6-11(7-10)22-3/h4-9H,1-3H3,(H2,15,16,17,18). The van der Waals surface area contributed by atoms with Gasteiger partial charge in [0, 0.05) is 17.8 Å². The molecule has 8 nitrogen and oxygen atoms in total. The van der Waals surface area contributed by atoms with E-state index in [1.54, 1.807) is 31.4 Å². The predicted octanol–water partition coefficient (Wildman–Crippen LogP) is 2.96. The molecule has 0 radical (unpaired) electrons. The first-order valence-electron chi connectivity index (χ1n) is 6.68. The van der Waals surface area contributed by atoms with E-state index in [1.165, 1.54) is 6.33 Å². The fourth-order valence-corrected chi connectivity index (χ4v) is 1.86. The quantitative estimate of drug-likeness (QED) is 0.624. The zero-order valence-corrected chi connectivity index (χ0v) is 12.5. The lowest BCUT2D eigenvalue weighted by atomic mass is 10.3. The van der Waals surface area contributed by atoms with Gasteiger partial charge in [-0.3, -0.25) is 10.1 Å². The van der Waals surface area contributed by atoms with Gasteiger partial charge in [0.25, 0.3) is 0 Å². The Morgan fingerprint density at radius 2 is 2.00 bits per heavy atom. The van der Waals surface area contributed by atoms with Crippen LogP contribution >= 0.6 is 0 Å². The summed E-state index contributed by atoms with van der Waals surface area (Å²) in [5, 5.41) is 17.2. The molecule has 0 fully saturated rings. The van der Waals surface area contributed by atoms with Crippen molar-refractivity contribution >= 4 is 23.0 Å². The molecule has 0 saturated carbocycles. The van der Waals surface area contributed by atoms with Crippen LogP contribution in [0.1, 0.15) is 13.8 Å². The molecular formula is C14H17N5O3. The molecule has 1 aromatic heterocycles. The van der Waals surface area contributed by atoms with Crippen LogP contribution in [0.25, 0.3) is 0 Å². The van der Waals surface area contributed by atoms with Crippen LogP contribution < -0.4 is 15.4 Å². The minimum atomic E-state index is -0.507. The number of rotatable bonds is 6. The van der Waals surface area contributed by atoms with Crippen molar-refractivity contribution in [2.75, 3.05) is 17.7 Å². The maximum absolute atomic E-state index is 11.4. The number of methoxy groups -OCH3 is 1. The first-order valence-corrected chi connectivity index (χ1v) is 6.68. The zero-order valence-electron chi connectivity index (χ0n) is 12.5. The van der Waals surface area contributed by atoms with Crippen LogP contribution in [0.3, 0.4) is 0 Å². The van der Waals surface area contributed by atoms with Gasteiger partial charge in [-0.25, -0.2) is 9.97 Å². The van der Waals surface area contributed by atoms with Crippen molar-refractivity contribution in [2.45, 2.75) is 19.9 Å². The Bertz CT molecular complexity index is 675. The van der Waals surface area contributed by atoms with Crippen molar-refractivity contribution in [3.63, 3.8) is 0 Å². The number of nitro groups is 1. The molecule has 0 spiro atoms. The Hall–Kier alpha value is -2.90. The summed E-state index contributed by atoms with van der Waals surface area (Å²) in [6.45, 7) is 3.75. The van der Waals surface area contributed by atoms with Crippen LogP contribution in [0.5, 0.6) is 5.75 Å². The van der Waals surface area contributed by atoms with Crippen molar-refractivity contribution in [3.8, 4) is 5.75 Å². The minimum absolute atomic E-state index is 0.0123. The largest absolute Gasteiger partial charge is 0.497 e. The Morgan fingerprint density at radius 1 is 1.27 bits per heavy atom. The molecule has 0 unspecified atom stereocenters. The predicted molar refractivity (Wildman–Crippen MR) is 83.7 cm³/mol. The Morgan fingerprint density at radius 3 is 2.64 bits per heavy atom. The van der Waals surface area contributed by atoms with E-state index in [1.807, 2.05) is 13.8 Å². The van der Waals surface area contributed by atoms with Crippen molar-refractivity contribution in [1.29, 1.82) is 0 Å². The topological polar surface area (TPSA) is 102 Å². The minimum Gasteiger partial charge on any atom is -0.497 e. The third-order valence-corrected chi connectivity index (χ3v) is 2.76. The smallest absolute Gasteiger partial charge is 0.353 e. The average molecular weight is 303 g/mol. The Labute approximate surface area is 127 Å². The number of ether oxygens (including phenoxy) is 1. The lowest BCUT2D eigenvalue weighted by Crippen LogP contribution is -2.14. The summed E-state index contributed by atoms with van der Waals surface area (Å²) < 4.78 is 5.13. The van der Waals surface area contributed by atoms with Crippen molar-refractivity contribution in [1.82, 2.24) is 9.97 Å². The molecular weight excluding hydrogens is 286 g/mol. The molecule has 1 aromatic carbocycles. The van der Waals surface area contributed by atoms with E-state index in [0.717, 1.165) is 0 Å². The van der Waals surface area contributed by atoms with Gasteiger partial charge in [0.2, 0.25) is 11.6 Å². The molecule has 1 heterocycles. The molecule has 0 amide bonds. The van der Waals surface area contributed by atoms with Gasteiger partial charge in [0.1, 0.15) is 12.1 Å². The molecule has 0 bridgehead atoms. The summed E-state index contributed by atoms with van der Waals surface area (Å²) in [6, 6.07) is 7.07. The second kappa shape index (κ2) is 6.70. The molecule has 2 aromatic rings. The molecule has 8 heteroatoms. The van der Waals surface area contributed by atoms with Gasteiger partial charge in [-0.2, -0.15) is 0 Å². The van der Waals surface area contributed by atoms with Gasteiger partial charge >= 0.3 is 5.69 Å². The van der Waals surface area contributed by atoms with Crippen LogP contribution in [-0.2, 0) is 0 Å². The maximum atomic E-state index is 11.4. The molecule has 2 N–H and O–H groups in total. The number of benzene rings is 1. The van der Waals surface area contributed by atoms with E-state index in [9.17, 15) is 10.1 Å². The van der Waals surface area contributed by atoms with Crippen LogP contribution in [-0.4, -0.2) is 28.0 Å². The van der Waals surface area contributed by atoms with Gasteiger partial charge < -0.3 is 15.4 Å². The van der Waals surface area contributed by atoms with Gasteiger partial charge in [0.05, 0.1) is 12.0 Å². The molecule has 0 aliphatic carbocycles.